The molecule has 2 atom stereocenters. The van der Waals surface area contributed by atoms with Gasteiger partial charge in [0.05, 0.1) is 29.7 Å². The van der Waals surface area contributed by atoms with E-state index in [1.807, 2.05) is 0 Å². The molecule has 1 aliphatic heterocycles. The molecular formula is C30H28Cl2FN5O3. The topological polar surface area (TPSA) is 104 Å². The molecule has 0 spiro atoms. The van der Waals surface area contributed by atoms with Gasteiger partial charge >= 0.3 is 0 Å². The third-order valence-corrected chi connectivity index (χ3v) is 8.90. The minimum absolute atomic E-state index is 0.0348. The van der Waals surface area contributed by atoms with Crippen molar-refractivity contribution in [3.05, 3.63) is 111 Å². The lowest BCUT2D eigenvalue weighted by Gasteiger charge is -2.50. The fourth-order valence-electron chi connectivity index (χ4n) is 6.35. The number of amides is 1. The molecular weight excluding hydrogens is 568 g/mol. The summed E-state index contributed by atoms with van der Waals surface area (Å²) in [6, 6.07) is 9.85. The fourth-order valence-corrected chi connectivity index (χ4v) is 6.58. The number of aryl methyl sites for hydroxylation is 1. The van der Waals surface area contributed by atoms with Gasteiger partial charge in [0.15, 0.2) is 0 Å². The maximum Gasteiger partial charge on any atom is 0.255 e. The van der Waals surface area contributed by atoms with Gasteiger partial charge in [-0.2, -0.15) is 0 Å². The highest BCUT2D eigenvalue weighted by molar-refractivity contribution is 6.30. The van der Waals surface area contributed by atoms with Gasteiger partial charge in [-0.05, 0) is 60.6 Å². The molecule has 1 aliphatic carbocycles. The van der Waals surface area contributed by atoms with Crippen molar-refractivity contribution in [2.45, 2.75) is 50.0 Å². The Bertz CT molecular complexity index is 1620. The number of benzene rings is 2. The first kappa shape index (κ1) is 27.8. The standard InChI is InChI=1S/C30H28Cl2FN5O3/c1-3-29(41,25-14-37(2)16-36-25)18-10-23-27(24(33)11-18)30(19-8-22(39)9-19,17-4-6-20(31)7-5-17)38(28(23)40)15-26-34-12-21(32)13-35-26/h4-7,10-14,16,19,22,39,41H,3,8-9,15H2,1-2H3/t19?,22?,29?,30-/m0/s1. The molecule has 3 heterocycles. The molecule has 2 N–H and O–H groups in total. The zero-order chi connectivity index (χ0) is 29.1. The fraction of sp³-hybridized carbons (Fsp3) is 0.333. The maximum atomic E-state index is 16.7. The van der Waals surface area contributed by atoms with E-state index in [0.717, 1.165) is 0 Å². The van der Waals surface area contributed by atoms with Crippen molar-refractivity contribution in [3.63, 3.8) is 0 Å². The summed E-state index contributed by atoms with van der Waals surface area (Å²) in [5, 5.41) is 23.0. The van der Waals surface area contributed by atoms with Gasteiger partial charge < -0.3 is 19.7 Å². The third-order valence-electron chi connectivity index (χ3n) is 8.45. The monoisotopic (exact) mass is 595 g/mol. The summed E-state index contributed by atoms with van der Waals surface area (Å²) in [6.45, 7) is 1.74. The zero-order valence-corrected chi connectivity index (χ0v) is 23.9. The normalized spacial score (nSPS) is 23.3. The van der Waals surface area contributed by atoms with E-state index >= 15 is 4.39 Å². The van der Waals surface area contributed by atoms with Gasteiger partial charge in [0.2, 0.25) is 0 Å². The molecule has 4 aromatic rings. The number of rotatable bonds is 7. The van der Waals surface area contributed by atoms with Crippen LogP contribution in [-0.4, -0.2) is 46.6 Å². The van der Waals surface area contributed by atoms with Crippen LogP contribution in [-0.2, 0) is 24.7 Å². The van der Waals surface area contributed by atoms with E-state index in [-0.39, 0.29) is 35.6 Å². The molecule has 6 rings (SSSR count). The van der Waals surface area contributed by atoms with Crippen LogP contribution in [0.15, 0.2) is 61.3 Å². The lowest BCUT2D eigenvalue weighted by molar-refractivity contribution is -0.0371. The second-order valence-corrected chi connectivity index (χ2v) is 11.7. The molecule has 2 aliphatic rings. The van der Waals surface area contributed by atoms with E-state index in [9.17, 15) is 15.0 Å². The third kappa shape index (κ3) is 4.34. The highest BCUT2D eigenvalue weighted by Gasteiger charge is 2.60. The van der Waals surface area contributed by atoms with Crippen LogP contribution >= 0.6 is 23.2 Å². The number of nitrogens with zero attached hydrogens (tertiary/aromatic N) is 5. The van der Waals surface area contributed by atoms with E-state index in [1.54, 1.807) is 66.3 Å². The minimum atomic E-state index is -1.63. The number of halogens is 3. The van der Waals surface area contributed by atoms with E-state index < -0.39 is 29.0 Å². The molecule has 1 saturated carbocycles. The lowest BCUT2D eigenvalue weighted by atomic mass is 9.62. The van der Waals surface area contributed by atoms with Crippen LogP contribution in [0.4, 0.5) is 4.39 Å². The van der Waals surface area contributed by atoms with Gasteiger partial charge in [0.1, 0.15) is 22.8 Å². The van der Waals surface area contributed by atoms with Crippen LogP contribution < -0.4 is 0 Å². The molecule has 1 amide bonds. The predicted molar refractivity (Wildman–Crippen MR) is 151 cm³/mol. The summed E-state index contributed by atoms with van der Waals surface area (Å²) in [4.78, 5) is 28.9. The Morgan fingerprint density at radius 3 is 2.37 bits per heavy atom. The molecule has 8 nitrogen and oxygen atoms in total. The Labute approximate surface area is 246 Å². The molecule has 2 aromatic heterocycles. The second-order valence-electron chi connectivity index (χ2n) is 10.8. The number of fused-ring (bicyclic) bond motifs is 1. The number of aromatic nitrogens is 4. The molecule has 41 heavy (non-hydrogen) atoms. The smallest absolute Gasteiger partial charge is 0.255 e. The van der Waals surface area contributed by atoms with Crippen LogP contribution in [0.2, 0.25) is 10.0 Å². The van der Waals surface area contributed by atoms with E-state index in [2.05, 4.69) is 15.0 Å². The molecule has 2 aromatic carbocycles. The summed E-state index contributed by atoms with van der Waals surface area (Å²) >= 11 is 12.3. The molecule has 0 bridgehead atoms. The SMILES string of the molecule is CCC(O)(c1cc(F)c2c(c1)C(=O)N(Cc1ncc(Cl)cn1)[C@@]2(c1ccc(Cl)cc1)C1CC(O)C1)c1cn(C)cn1. The van der Waals surface area contributed by atoms with Gasteiger partial charge in [-0.15, -0.1) is 0 Å². The van der Waals surface area contributed by atoms with Crippen LogP contribution in [0.3, 0.4) is 0 Å². The van der Waals surface area contributed by atoms with Gasteiger partial charge in [-0.3, -0.25) is 4.79 Å². The molecule has 0 saturated heterocycles. The number of aliphatic hydroxyl groups is 2. The Balaban J connectivity index is 1.60. The first-order chi connectivity index (χ1) is 19.6. The predicted octanol–water partition coefficient (Wildman–Crippen LogP) is 4.97. The molecule has 1 unspecified atom stereocenters. The largest absolute Gasteiger partial charge is 0.393 e. The Morgan fingerprint density at radius 1 is 1.10 bits per heavy atom. The molecule has 0 radical (unpaired) electrons. The first-order valence-corrected chi connectivity index (χ1v) is 14.1. The Kier molecular flexibility index (Phi) is 6.89. The highest BCUT2D eigenvalue weighted by atomic mass is 35.5. The van der Waals surface area contributed by atoms with Crippen LogP contribution in [0.1, 0.15) is 64.8 Å². The minimum Gasteiger partial charge on any atom is -0.393 e. The quantitative estimate of drug-likeness (QED) is 0.312. The van der Waals surface area contributed by atoms with E-state index in [1.165, 1.54) is 18.5 Å². The Hall–Kier alpha value is -3.37. The van der Waals surface area contributed by atoms with E-state index in [0.29, 0.717) is 40.0 Å². The van der Waals surface area contributed by atoms with Crippen molar-refractivity contribution < 1.29 is 19.4 Å². The summed E-state index contributed by atoms with van der Waals surface area (Å²) < 4.78 is 18.4. The van der Waals surface area contributed by atoms with Crippen molar-refractivity contribution >= 4 is 29.1 Å². The summed E-state index contributed by atoms with van der Waals surface area (Å²) in [6.07, 6.45) is 6.48. The molecule has 212 valence electrons. The number of hydrogen-bond acceptors (Lipinski definition) is 6. The van der Waals surface area contributed by atoms with Crippen LogP contribution in [0, 0.1) is 11.7 Å². The van der Waals surface area contributed by atoms with Gasteiger partial charge in [0.25, 0.3) is 5.91 Å². The molecule has 11 heteroatoms. The number of hydrogen-bond donors (Lipinski definition) is 2. The average molecular weight is 596 g/mol. The van der Waals surface area contributed by atoms with Crippen molar-refractivity contribution in [1.29, 1.82) is 0 Å². The summed E-state index contributed by atoms with van der Waals surface area (Å²) in [7, 11) is 1.78. The highest BCUT2D eigenvalue weighted by Crippen LogP contribution is 2.57. The van der Waals surface area contributed by atoms with Crippen molar-refractivity contribution in [2.24, 2.45) is 13.0 Å². The van der Waals surface area contributed by atoms with Gasteiger partial charge in [-0.1, -0.05) is 42.3 Å². The Morgan fingerprint density at radius 2 is 1.78 bits per heavy atom. The van der Waals surface area contributed by atoms with Gasteiger partial charge in [0, 0.05) is 41.8 Å². The number of imidazole rings is 1. The first-order valence-electron chi connectivity index (χ1n) is 13.4. The zero-order valence-electron chi connectivity index (χ0n) is 22.4. The summed E-state index contributed by atoms with van der Waals surface area (Å²) in [5.74, 6) is -1.05. The maximum absolute atomic E-state index is 16.7. The van der Waals surface area contributed by atoms with Crippen LogP contribution in [0.5, 0.6) is 0 Å². The van der Waals surface area contributed by atoms with Crippen molar-refractivity contribution in [3.8, 4) is 0 Å². The van der Waals surface area contributed by atoms with Crippen molar-refractivity contribution in [1.82, 2.24) is 24.4 Å². The van der Waals surface area contributed by atoms with Crippen LogP contribution in [0.25, 0.3) is 0 Å². The van der Waals surface area contributed by atoms with E-state index in [4.69, 9.17) is 23.2 Å². The molecule has 1 fully saturated rings. The average Bonchev–Trinajstić information content (AvgIpc) is 3.48. The number of carbonyl (C=O) groups is 1. The number of aliphatic hydroxyl groups excluding tert-OH is 1. The van der Waals surface area contributed by atoms with Gasteiger partial charge in [-0.25, -0.2) is 19.3 Å². The number of carbonyl (C=O) groups excluding carboxylic acids is 1. The lowest BCUT2D eigenvalue weighted by Crippen LogP contribution is -2.55. The summed E-state index contributed by atoms with van der Waals surface area (Å²) in [5.41, 5.74) is -1.35. The second kappa shape index (κ2) is 10.2. The van der Waals surface area contributed by atoms with Crippen molar-refractivity contribution in [2.75, 3.05) is 0 Å².